The molecule has 0 saturated heterocycles. The number of anilines is 1. The van der Waals surface area contributed by atoms with Crippen LogP contribution in [-0.4, -0.2) is 35.8 Å². The van der Waals surface area contributed by atoms with E-state index in [1.807, 2.05) is 49.4 Å². The number of rotatable bonds is 12. The van der Waals surface area contributed by atoms with E-state index in [0.717, 1.165) is 30.6 Å². The number of aryl methyl sites for hydroxylation is 1. The first kappa shape index (κ1) is 29.6. The zero-order valence-electron chi connectivity index (χ0n) is 23.8. The van der Waals surface area contributed by atoms with E-state index in [4.69, 9.17) is 5.73 Å². The van der Waals surface area contributed by atoms with Crippen molar-refractivity contribution >= 4 is 23.0 Å². The van der Waals surface area contributed by atoms with Gasteiger partial charge < -0.3 is 11.1 Å². The van der Waals surface area contributed by atoms with E-state index in [1.54, 1.807) is 24.3 Å². The summed E-state index contributed by atoms with van der Waals surface area (Å²) < 4.78 is 40.0. The maximum Gasteiger partial charge on any atom is 0.430 e. The van der Waals surface area contributed by atoms with Gasteiger partial charge in [0.1, 0.15) is 11.4 Å². The smallest absolute Gasteiger partial charge is 0.395 e. The molecule has 0 bridgehead atoms. The van der Waals surface area contributed by atoms with Gasteiger partial charge in [0.15, 0.2) is 0 Å². The summed E-state index contributed by atoms with van der Waals surface area (Å²) in [4.78, 5) is 20.2. The van der Waals surface area contributed by atoms with Crippen LogP contribution in [0.15, 0.2) is 95.6 Å². The van der Waals surface area contributed by atoms with Crippen molar-refractivity contribution in [3.05, 3.63) is 107 Å². The Hall–Kier alpha value is -3.91. The van der Waals surface area contributed by atoms with Gasteiger partial charge in [0.2, 0.25) is 0 Å². The van der Waals surface area contributed by atoms with Crippen LogP contribution in [0.5, 0.6) is 0 Å². The summed E-state index contributed by atoms with van der Waals surface area (Å²) in [5.41, 5.74) is 7.48. The molecule has 2 fully saturated rings. The van der Waals surface area contributed by atoms with Gasteiger partial charge in [-0.1, -0.05) is 61.5 Å². The van der Waals surface area contributed by atoms with Gasteiger partial charge in [-0.05, 0) is 91.0 Å². The number of alkyl halides is 3. The molecule has 1 atom stereocenters. The summed E-state index contributed by atoms with van der Waals surface area (Å²) in [6.45, 7) is 3.99. The number of carbonyl (C=O) groups excluding carboxylic acids is 1. The Morgan fingerprint density at radius 2 is 1.60 bits per heavy atom. The number of allylic oxidation sites excluding steroid dienone is 1. The number of carbonyl (C=O) groups is 1. The molecule has 0 spiro atoms. The molecule has 220 valence electrons. The van der Waals surface area contributed by atoms with Gasteiger partial charge in [-0.3, -0.25) is 9.69 Å². The quantitative estimate of drug-likeness (QED) is 0.219. The maximum atomic E-state index is 13.4. The zero-order valence-corrected chi connectivity index (χ0v) is 23.8. The standard InChI is InChI=1S/C34H37F3N4O/c1-2-23-8-6-12-28(18-23)39-30(20-31(38)34(35,36)37)33(42)40-29-13-7-11-27(19-29)32(26-9-4-3-5-10-26)41(21-24-14-15-24)22-25-16-17-25/h3-13,18-20,24-25,32H,2,14-17,21-22,38H2,1H3,(H,40,42). The Kier molecular flexibility index (Phi) is 9.12. The van der Waals surface area contributed by atoms with E-state index in [-0.39, 0.29) is 6.04 Å². The molecule has 2 aliphatic carbocycles. The van der Waals surface area contributed by atoms with Gasteiger partial charge in [-0.25, -0.2) is 4.99 Å². The Balaban J connectivity index is 1.46. The van der Waals surface area contributed by atoms with Gasteiger partial charge in [-0.2, -0.15) is 13.2 Å². The molecule has 3 aromatic carbocycles. The normalized spacial score (nSPS) is 16.9. The number of halogens is 3. The van der Waals surface area contributed by atoms with Crippen molar-refractivity contribution in [2.75, 3.05) is 18.4 Å². The third kappa shape index (κ3) is 8.10. The number of hydrogen-bond donors (Lipinski definition) is 2. The van der Waals surface area contributed by atoms with Gasteiger partial charge in [0.05, 0.1) is 11.7 Å². The summed E-state index contributed by atoms with van der Waals surface area (Å²) in [5.74, 6) is 0.632. The molecule has 0 aliphatic heterocycles. The van der Waals surface area contributed by atoms with Crippen molar-refractivity contribution < 1.29 is 18.0 Å². The zero-order chi connectivity index (χ0) is 29.7. The number of benzene rings is 3. The molecule has 8 heteroatoms. The minimum atomic E-state index is -4.79. The monoisotopic (exact) mass is 574 g/mol. The first-order chi connectivity index (χ1) is 20.2. The molecule has 2 aliphatic rings. The van der Waals surface area contributed by atoms with Crippen LogP contribution in [0.1, 0.15) is 55.3 Å². The lowest BCUT2D eigenvalue weighted by Crippen LogP contribution is -2.33. The Labute approximate surface area is 245 Å². The van der Waals surface area contributed by atoms with Crippen LogP contribution >= 0.6 is 0 Å². The van der Waals surface area contributed by atoms with E-state index >= 15 is 0 Å². The maximum absolute atomic E-state index is 13.4. The summed E-state index contributed by atoms with van der Waals surface area (Å²) >= 11 is 0. The lowest BCUT2D eigenvalue weighted by atomic mass is 9.95. The van der Waals surface area contributed by atoms with Gasteiger partial charge in [0.25, 0.3) is 5.91 Å². The summed E-state index contributed by atoms with van der Waals surface area (Å²) in [6, 6.07) is 24.9. The van der Waals surface area contributed by atoms with Crippen molar-refractivity contribution in [1.29, 1.82) is 0 Å². The first-order valence-corrected chi connectivity index (χ1v) is 14.6. The average molecular weight is 575 g/mol. The van der Waals surface area contributed by atoms with E-state index in [9.17, 15) is 18.0 Å². The Bertz CT molecular complexity index is 1430. The van der Waals surface area contributed by atoms with E-state index in [0.29, 0.717) is 29.3 Å². The molecule has 2 saturated carbocycles. The summed E-state index contributed by atoms with van der Waals surface area (Å²) in [5, 5.41) is 2.78. The van der Waals surface area contributed by atoms with E-state index in [1.165, 1.54) is 31.2 Å². The minimum Gasteiger partial charge on any atom is -0.395 e. The van der Waals surface area contributed by atoms with Crippen LogP contribution < -0.4 is 11.1 Å². The molecule has 0 aromatic heterocycles. The largest absolute Gasteiger partial charge is 0.430 e. The number of nitrogens with one attached hydrogen (secondary N) is 1. The topological polar surface area (TPSA) is 70.7 Å². The molecule has 0 radical (unpaired) electrons. The van der Waals surface area contributed by atoms with Crippen molar-refractivity contribution in [3.63, 3.8) is 0 Å². The highest BCUT2D eigenvalue weighted by Gasteiger charge is 2.34. The second kappa shape index (κ2) is 12.9. The third-order valence-corrected chi connectivity index (χ3v) is 7.74. The summed E-state index contributed by atoms with van der Waals surface area (Å²) in [7, 11) is 0. The molecule has 1 unspecified atom stereocenters. The predicted octanol–water partition coefficient (Wildman–Crippen LogP) is 7.58. The van der Waals surface area contributed by atoms with Crippen molar-refractivity contribution in [1.82, 2.24) is 4.90 Å². The molecule has 3 N–H and O–H groups in total. The van der Waals surface area contributed by atoms with Crippen LogP contribution in [0, 0.1) is 11.8 Å². The lowest BCUT2D eigenvalue weighted by molar-refractivity contribution is -0.110. The third-order valence-electron chi connectivity index (χ3n) is 7.74. The van der Waals surface area contributed by atoms with E-state index < -0.39 is 23.5 Å². The highest BCUT2D eigenvalue weighted by Crippen LogP contribution is 2.39. The highest BCUT2D eigenvalue weighted by atomic mass is 19.4. The van der Waals surface area contributed by atoms with Crippen LogP contribution in [0.3, 0.4) is 0 Å². The van der Waals surface area contributed by atoms with Gasteiger partial charge in [0, 0.05) is 18.8 Å². The van der Waals surface area contributed by atoms with E-state index in [2.05, 4.69) is 27.3 Å². The number of amides is 1. The van der Waals surface area contributed by atoms with Crippen molar-refractivity contribution in [2.45, 2.75) is 51.2 Å². The van der Waals surface area contributed by atoms with Crippen LogP contribution in [0.2, 0.25) is 0 Å². The number of nitrogens with two attached hydrogens (primary N) is 1. The molecule has 1 amide bonds. The number of nitrogens with zero attached hydrogens (tertiary/aromatic N) is 2. The second-order valence-corrected chi connectivity index (χ2v) is 11.4. The molecule has 5 nitrogen and oxygen atoms in total. The highest BCUT2D eigenvalue weighted by molar-refractivity contribution is 6.47. The van der Waals surface area contributed by atoms with Gasteiger partial charge in [-0.15, -0.1) is 0 Å². The fourth-order valence-electron chi connectivity index (χ4n) is 5.14. The number of hydrogen-bond acceptors (Lipinski definition) is 4. The second-order valence-electron chi connectivity index (χ2n) is 11.4. The molecular formula is C34H37F3N4O. The molecule has 3 aromatic rings. The SMILES string of the molecule is CCc1cccc(N=C(C=C(N)C(F)(F)F)C(=O)Nc2cccc(C(c3ccccc3)N(CC3CC3)CC3CC3)c2)c1. The fourth-order valence-corrected chi connectivity index (χ4v) is 5.14. The lowest BCUT2D eigenvalue weighted by Gasteiger charge is -2.33. The molecular weight excluding hydrogens is 537 g/mol. The van der Waals surface area contributed by atoms with Crippen LogP contribution in [0.4, 0.5) is 24.5 Å². The van der Waals surface area contributed by atoms with Crippen molar-refractivity contribution in [3.8, 4) is 0 Å². The predicted molar refractivity (Wildman–Crippen MR) is 162 cm³/mol. The fraction of sp³-hybridized carbons (Fsp3) is 0.353. The Morgan fingerprint density at radius 1 is 0.952 bits per heavy atom. The number of aliphatic imine (C=N–C) groups is 1. The molecule has 0 heterocycles. The Morgan fingerprint density at radius 3 is 2.21 bits per heavy atom. The van der Waals surface area contributed by atoms with Crippen molar-refractivity contribution in [2.24, 2.45) is 22.6 Å². The summed E-state index contributed by atoms with van der Waals surface area (Å²) in [6.07, 6.45) is 1.51. The van der Waals surface area contributed by atoms with Crippen LogP contribution in [-0.2, 0) is 11.2 Å². The minimum absolute atomic E-state index is 0.00468. The average Bonchev–Trinajstić information content (AvgIpc) is 3.91. The molecule has 5 rings (SSSR count). The van der Waals surface area contributed by atoms with Crippen LogP contribution in [0.25, 0.3) is 0 Å². The molecule has 42 heavy (non-hydrogen) atoms. The first-order valence-electron chi connectivity index (χ1n) is 14.6. The van der Waals surface area contributed by atoms with Gasteiger partial charge >= 0.3 is 6.18 Å².